The third-order valence-electron chi connectivity index (χ3n) is 6.42. The zero-order chi connectivity index (χ0) is 22.7. The van der Waals surface area contributed by atoms with Crippen LogP contribution >= 0.6 is 0 Å². The molecule has 2 aliphatic heterocycles. The zero-order valence-corrected chi connectivity index (χ0v) is 18.1. The number of fused-ring (bicyclic) bond motifs is 1. The molecule has 1 atom stereocenters. The number of piperidine rings is 1. The molecular weight excluding hydrogens is 412 g/mol. The minimum Gasteiger partial charge on any atom is -0.469 e. The van der Waals surface area contributed by atoms with Crippen LogP contribution in [-0.2, 0) is 25.5 Å². The second-order valence-electron chi connectivity index (χ2n) is 8.41. The topological polar surface area (TPSA) is 112 Å². The first-order valence-electron chi connectivity index (χ1n) is 11.0. The van der Waals surface area contributed by atoms with Gasteiger partial charge in [0, 0.05) is 43.2 Å². The van der Waals surface area contributed by atoms with Crippen molar-refractivity contribution in [3.63, 3.8) is 0 Å². The monoisotopic (exact) mass is 440 g/mol. The second-order valence-corrected chi connectivity index (χ2v) is 8.41. The van der Waals surface area contributed by atoms with Gasteiger partial charge in [-0.1, -0.05) is 18.2 Å². The number of rotatable bonds is 7. The summed E-state index contributed by atoms with van der Waals surface area (Å²) in [6.45, 7) is 1.34. The lowest BCUT2D eigenvalue weighted by molar-refractivity contribution is -0.142. The van der Waals surface area contributed by atoms with Gasteiger partial charge >= 0.3 is 12.0 Å². The molecule has 0 saturated carbocycles. The van der Waals surface area contributed by atoms with Crippen LogP contribution in [0.25, 0.3) is 10.9 Å². The number of likely N-dealkylation sites (tertiary alicyclic amines) is 1. The van der Waals surface area contributed by atoms with Gasteiger partial charge in [0.15, 0.2) is 0 Å². The molecule has 9 heteroatoms. The minimum atomic E-state index is -0.828. The molecule has 4 amide bonds. The Morgan fingerprint density at radius 1 is 1.12 bits per heavy atom. The van der Waals surface area contributed by atoms with Gasteiger partial charge in [-0.05, 0) is 36.8 Å². The van der Waals surface area contributed by atoms with E-state index in [9.17, 15) is 19.2 Å². The molecule has 2 saturated heterocycles. The van der Waals surface area contributed by atoms with Crippen molar-refractivity contribution in [2.75, 3.05) is 26.7 Å². The first-order valence-corrected chi connectivity index (χ1v) is 11.0. The number of carbonyl (C=O) groups is 4. The summed E-state index contributed by atoms with van der Waals surface area (Å²) in [5.74, 6) is -0.538. The predicted molar refractivity (Wildman–Crippen MR) is 117 cm³/mol. The van der Waals surface area contributed by atoms with Crippen LogP contribution in [0.1, 0.15) is 31.2 Å². The van der Waals surface area contributed by atoms with E-state index in [-0.39, 0.29) is 36.7 Å². The van der Waals surface area contributed by atoms with Crippen LogP contribution in [0, 0.1) is 5.92 Å². The van der Waals surface area contributed by atoms with Crippen LogP contribution in [-0.4, -0.2) is 71.4 Å². The maximum Gasteiger partial charge on any atom is 0.324 e. The highest BCUT2D eigenvalue weighted by Crippen LogP contribution is 2.23. The van der Waals surface area contributed by atoms with E-state index < -0.39 is 12.1 Å². The van der Waals surface area contributed by atoms with Gasteiger partial charge in [-0.25, -0.2) is 4.79 Å². The lowest BCUT2D eigenvalue weighted by atomic mass is 9.93. The van der Waals surface area contributed by atoms with Crippen molar-refractivity contribution in [3.05, 3.63) is 36.0 Å². The zero-order valence-electron chi connectivity index (χ0n) is 18.1. The van der Waals surface area contributed by atoms with Crippen molar-refractivity contribution in [1.82, 2.24) is 20.1 Å². The van der Waals surface area contributed by atoms with Gasteiger partial charge in [0.1, 0.15) is 6.04 Å². The highest BCUT2D eigenvalue weighted by Gasteiger charge is 2.39. The van der Waals surface area contributed by atoms with Gasteiger partial charge in [0.25, 0.3) is 5.91 Å². The number of H-pyrrole nitrogens is 1. The average molecular weight is 441 g/mol. The number of amides is 4. The fraction of sp³-hybridized carbons (Fsp3) is 0.478. The number of imide groups is 1. The summed E-state index contributed by atoms with van der Waals surface area (Å²) >= 11 is 0. The van der Waals surface area contributed by atoms with Crippen molar-refractivity contribution >= 4 is 34.7 Å². The summed E-state index contributed by atoms with van der Waals surface area (Å²) < 4.78 is 4.71. The second kappa shape index (κ2) is 9.42. The number of hydrogen-bond donors (Lipinski definition) is 2. The molecule has 1 aromatic heterocycles. The number of methoxy groups -OCH3 is 1. The van der Waals surface area contributed by atoms with E-state index in [4.69, 9.17) is 4.74 Å². The molecule has 0 radical (unpaired) electrons. The number of urea groups is 1. The number of aromatic amines is 1. The fourth-order valence-corrected chi connectivity index (χ4v) is 4.51. The van der Waals surface area contributed by atoms with Crippen LogP contribution in [0.2, 0.25) is 0 Å². The molecule has 0 spiro atoms. The van der Waals surface area contributed by atoms with Crippen molar-refractivity contribution in [2.24, 2.45) is 5.92 Å². The van der Waals surface area contributed by atoms with Crippen LogP contribution < -0.4 is 5.32 Å². The lowest BCUT2D eigenvalue weighted by Gasteiger charge is -2.32. The first-order chi connectivity index (χ1) is 15.5. The smallest absolute Gasteiger partial charge is 0.324 e. The average Bonchev–Trinajstić information content (AvgIpc) is 3.33. The minimum absolute atomic E-state index is 0.0458. The number of nitrogens with one attached hydrogen (secondary N) is 2. The SMILES string of the molecule is COC(=O)CC1CCN(C(=O)C[C@H]2NC(=O)N(CCc3c[nH]c4ccccc34)C2=O)CC1. The maximum atomic E-state index is 12.8. The molecule has 0 bridgehead atoms. The summed E-state index contributed by atoms with van der Waals surface area (Å²) in [6, 6.07) is 6.60. The molecule has 32 heavy (non-hydrogen) atoms. The van der Waals surface area contributed by atoms with E-state index in [1.54, 1.807) is 4.90 Å². The number of hydrogen-bond acceptors (Lipinski definition) is 5. The molecule has 4 rings (SSSR count). The van der Waals surface area contributed by atoms with Gasteiger partial charge in [0.2, 0.25) is 5.91 Å². The van der Waals surface area contributed by atoms with Gasteiger partial charge in [-0.3, -0.25) is 19.3 Å². The number of nitrogens with zero attached hydrogens (tertiary/aromatic N) is 2. The Bertz CT molecular complexity index is 1020. The summed E-state index contributed by atoms with van der Waals surface area (Å²) in [5.41, 5.74) is 2.05. The Hall–Kier alpha value is -3.36. The van der Waals surface area contributed by atoms with E-state index in [1.165, 1.54) is 12.0 Å². The van der Waals surface area contributed by atoms with E-state index in [1.807, 2.05) is 30.5 Å². The lowest BCUT2D eigenvalue weighted by Crippen LogP contribution is -2.43. The van der Waals surface area contributed by atoms with E-state index in [0.29, 0.717) is 25.9 Å². The Labute approximate surface area is 186 Å². The molecule has 2 fully saturated rings. The molecule has 2 aliphatic rings. The van der Waals surface area contributed by atoms with E-state index in [0.717, 1.165) is 29.3 Å². The fourth-order valence-electron chi connectivity index (χ4n) is 4.51. The summed E-state index contributed by atoms with van der Waals surface area (Å²) in [7, 11) is 1.37. The predicted octanol–water partition coefficient (Wildman–Crippen LogP) is 1.82. The first kappa shape index (κ1) is 21.9. The molecular formula is C23H28N4O5. The Morgan fingerprint density at radius 3 is 2.62 bits per heavy atom. The summed E-state index contributed by atoms with van der Waals surface area (Å²) in [4.78, 5) is 55.4. The molecule has 9 nitrogen and oxygen atoms in total. The number of benzene rings is 1. The Kier molecular flexibility index (Phi) is 6.43. The van der Waals surface area contributed by atoms with Gasteiger partial charge in [-0.2, -0.15) is 0 Å². The molecule has 2 N–H and O–H groups in total. The molecule has 0 aliphatic carbocycles. The third-order valence-corrected chi connectivity index (χ3v) is 6.42. The maximum absolute atomic E-state index is 12.8. The molecule has 3 heterocycles. The van der Waals surface area contributed by atoms with Gasteiger partial charge in [-0.15, -0.1) is 0 Å². The quantitative estimate of drug-likeness (QED) is 0.504. The summed E-state index contributed by atoms with van der Waals surface area (Å²) in [6.07, 6.45) is 4.20. The van der Waals surface area contributed by atoms with Gasteiger partial charge < -0.3 is 19.9 Å². The highest BCUT2D eigenvalue weighted by atomic mass is 16.5. The molecule has 1 aromatic carbocycles. The van der Waals surface area contributed by atoms with E-state index in [2.05, 4.69) is 10.3 Å². The number of para-hydroxylation sites is 1. The van der Waals surface area contributed by atoms with E-state index >= 15 is 0 Å². The molecule has 2 aromatic rings. The number of carbonyl (C=O) groups excluding carboxylic acids is 4. The normalized spacial score (nSPS) is 19.5. The molecule has 170 valence electrons. The van der Waals surface area contributed by atoms with Crippen LogP contribution in [0.4, 0.5) is 4.79 Å². The Balaban J connectivity index is 1.28. The molecule has 0 unspecified atom stereocenters. The largest absolute Gasteiger partial charge is 0.469 e. The van der Waals surface area contributed by atoms with Crippen molar-refractivity contribution in [1.29, 1.82) is 0 Å². The van der Waals surface area contributed by atoms with Crippen LogP contribution in [0.5, 0.6) is 0 Å². The van der Waals surface area contributed by atoms with Crippen LogP contribution in [0.3, 0.4) is 0 Å². The van der Waals surface area contributed by atoms with Crippen molar-refractivity contribution in [2.45, 2.75) is 38.1 Å². The number of esters is 1. The third kappa shape index (κ3) is 4.61. The highest BCUT2D eigenvalue weighted by molar-refractivity contribution is 6.05. The van der Waals surface area contributed by atoms with Crippen LogP contribution in [0.15, 0.2) is 30.5 Å². The standard InChI is InChI=1S/C23H28N4O5/c1-32-21(29)12-15-6-9-26(10-7-15)20(28)13-19-22(30)27(23(31)25-19)11-8-16-14-24-18-5-3-2-4-17(16)18/h2-5,14-15,19,24H,6-13H2,1H3,(H,25,31)/t19-/m1/s1. The van der Waals surface area contributed by atoms with Crippen molar-refractivity contribution < 1.29 is 23.9 Å². The Morgan fingerprint density at radius 2 is 1.88 bits per heavy atom. The number of aromatic nitrogens is 1. The summed E-state index contributed by atoms with van der Waals surface area (Å²) in [5, 5.41) is 3.73. The van der Waals surface area contributed by atoms with Gasteiger partial charge in [0.05, 0.1) is 13.5 Å². The number of ether oxygens (including phenoxy) is 1. The van der Waals surface area contributed by atoms with Crippen molar-refractivity contribution in [3.8, 4) is 0 Å².